The van der Waals surface area contributed by atoms with Crippen LogP contribution in [0.15, 0.2) is 36.9 Å². The molecule has 160 valence electrons. The van der Waals surface area contributed by atoms with E-state index in [0.29, 0.717) is 22.9 Å². The summed E-state index contributed by atoms with van der Waals surface area (Å²) in [6.45, 7) is 0. The van der Waals surface area contributed by atoms with Crippen LogP contribution in [-0.2, 0) is 0 Å². The molecular weight excluding hydrogens is 397 g/mol. The molecule has 0 aromatic carbocycles. The molecule has 4 aromatic heterocycles. The Bertz CT molecular complexity index is 1250. The highest BCUT2D eigenvalue weighted by molar-refractivity contribution is 5.92. The van der Waals surface area contributed by atoms with Crippen LogP contribution in [0.2, 0.25) is 0 Å². The van der Waals surface area contributed by atoms with Gasteiger partial charge in [-0.25, -0.2) is 24.1 Å². The summed E-state index contributed by atoms with van der Waals surface area (Å²) in [5, 5.41) is 4.71. The lowest BCUT2D eigenvalue weighted by molar-refractivity contribution is 0.205. The zero-order valence-corrected chi connectivity index (χ0v) is 17.5. The van der Waals surface area contributed by atoms with Gasteiger partial charge in [-0.15, -0.1) is 0 Å². The van der Waals surface area contributed by atoms with Crippen molar-refractivity contribution in [2.24, 2.45) is 0 Å². The molecule has 4 heterocycles. The zero-order chi connectivity index (χ0) is 21.5. The van der Waals surface area contributed by atoms with Crippen LogP contribution in [0.25, 0.3) is 33.5 Å². The van der Waals surface area contributed by atoms with Crippen molar-refractivity contribution < 1.29 is 9.18 Å². The number of rotatable bonds is 3. The van der Waals surface area contributed by atoms with E-state index in [0.717, 1.165) is 42.3 Å². The maximum Gasteiger partial charge on any atom is 0.317 e. The van der Waals surface area contributed by atoms with Crippen molar-refractivity contribution in [3.8, 4) is 11.4 Å². The highest BCUT2D eigenvalue weighted by atomic mass is 19.1. The van der Waals surface area contributed by atoms with Crippen molar-refractivity contribution >= 4 is 28.1 Å². The van der Waals surface area contributed by atoms with Crippen molar-refractivity contribution in [1.29, 1.82) is 0 Å². The molecule has 1 fully saturated rings. The molecule has 9 heteroatoms. The maximum absolute atomic E-state index is 13.7. The van der Waals surface area contributed by atoms with Gasteiger partial charge in [-0.1, -0.05) is 0 Å². The first-order valence-electron chi connectivity index (χ1n) is 10.4. The minimum absolute atomic E-state index is 0.0445. The molecule has 0 atom stereocenters. The summed E-state index contributed by atoms with van der Waals surface area (Å²) in [6, 6.07) is 3.94. The number of hydrogen-bond donors (Lipinski definition) is 2. The molecule has 1 aliphatic carbocycles. The Labute approximate surface area is 178 Å². The molecule has 31 heavy (non-hydrogen) atoms. The van der Waals surface area contributed by atoms with E-state index in [-0.39, 0.29) is 12.1 Å². The Balaban J connectivity index is 1.41. The summed E-state index contributed by atoms with van der Waals surface area (Å²) < 4.78 is 15.9. The van der Waals surface area contributed by atoms with Gasteiger partial charge in [0.1, 0.15) is 17.1 Å². The van der Waals surface area contributed by atoms with Crippen LogP contribution in [0.4, 0.5) is 9.18 Å². The topological polar surface area (TPSA) is 91.7 Å². The van der Waals surface area contributed by atoms with Crippen LogP contribution < -0.4 is 5.32 Å². The van der Waals surface area contributed by atoms with Crippen LogP contribution in [-0.4, -0.2) is 55.6 Å². The summed E-state index contributed by atoms with van der Waals surface area (Å²) in [7, 11) is 3.50. The number of carbonyl (C=O) groups excluding carboxylic acids is 1. The molecular formula is C22H24FN7O. The van der Waals surface area contributed by atoms with Gasteiger partial charge >= 0.3 is 6.03 Å². The first-order valence-corrected chi connectivity index (χ1v) is 10.4. The van der Waals surface area contributed by atoms with Crippen LogP contribution in [0, 0.1) is 5.82 Å². The van der Waals surface area contributed by atoms with E-state index >= 15 is 0 Å². The third-order valence-corrected chi connectivity index (χ3v) is 6.02. The monoisotopic (exact) mass is 421 g/mol. The average molecular weight is 421 g/mol. The van der Waals surface area contributed by atoms with E-state index in [4.69, 9.17) is 4.98 Å². The number of H-pyrrole nitrogens is 1. The molecule has 0 saturated heterocycles. The third kappa shape index (κ3) is 3.60. The number of amides is 2. The van der Waals surface area contributed by atoms with E-state index in [1.807, 2.05) is 12.3 Å². The Morgan fingerprint density at radius 3 is 2.81 bits per heavy atom. The summed E-state index contributed by atoms with van der Waals surface area (Å²) in [6.07, 6.45) is 10.6. The summed E-state index contributed by atoms with van der Waals surface area (Å²) in [5.41, 5.74) is 2.20. The van der Waals surface area contributed by atoms with Crippen LogP contribution >= 0.6 is 0 Å². The van der Waals surface area contributed by atoms with Gasteiger partial charge in [0.05, 0.1) is 6.20 Å². The molecule has 1 aliphatic rings. The molecule has 0 radical (unpaired) electrons. The van der Waals surface area contributed by atoms with Crippen molar-refractivity contribution in [3.05, 3.63) is 42.7 Å². The lowest BCUT2D eigenvalue weighted by Gasteiger charge is -2.31. The number of hydrogen-bond acceptors (Lipinski definition) is 4. The van der Waals surface area contributed by atoms with Gasteiger partial charge in [-0.3, -0.25) is 0 Å². The van der Waals surface area contributed by atoms with Gasteiger partial charge in [0.25, 0.3) is 0 Å². The Kier molecular flexibility index (Phi) is 4.80. The standard InChI is InChI=1S/C22H24FN7O/c1-29(2)22(31)27-15-3-5-16(6-4-15)30-8-7-13-10-24-20(28-21(13)30)18-12-26-19-17(18)9-14(23)11-25-19/h7-12,15-16H,3-6H2,1-2H3,(H,25,26)(H,27,31)/t15-,16-. The van der Waals surface area contributed by atoms with E-state index in [1.54, 1.807) is 25.2 Å². The fourth-order valence-corrected chi connectivity index (χ4v) is 4.33. The number of carbonyl (C=O) groups is 1. The molecule has 2 amide bonds. The lowest BCUT2D eigenvalue weighted by atomic mass is 9.91. The maximum atomic E-state index is 13.7. The number of nitrogens with one attached hydrogen (secondary N) is 2. The number of pyridine rings is 1. The molecule has 0 bridgehead atoms. The second-order valence-corrected chi connectivity index (χ2v) is 8.30. The van der Waals surface area contributed by atoms with Crippen LogP contribution in [0.3, 0.4) is 0 Å². The number of halogens is 1. The smallest absolute Gasteiger partial charge is 0.317 e. The van der Waals surface area contributed by atoms with Gasteiger partial charge < -0.3 is 19.8 Å². The van der Waals surface area contributed by atoms with Gasteiger partial charge in [0.2, 0.25) is 0 Å². The van der Waals surface area contributed by atoms with Crippen LogP contribution in [0.1, 0.15) is 31.7 Å². The predicted molar refractivity (Wildman–Crippen MR) is 116 cm³/mol. The number of nitrogens with zero attached hydrogens (tertiary/aromatic N) is 5. The second-order valence-electron chi connectivity index (χ2n) is 8.30. The Morgan fingerprint density at radius 1 is 1.23 bits per heavy atom. The first kappa shape index (κ1) is 19.5. The van der Waals surface area contributed by atoms with E-state index in [1.165, 1.54) is 12.3 Å². The third-order valence-electron chi connectivity index (χ3n) is 6.02. The summed E-state index contributed by atoms with van der Waals surface area (Å²) in [4.78, 5) is 30.0. The fourth-order valence-electron chi connectivity index (χ4n) is 4.33. The van der Waals surface area contributed by atoms with Crippen LogP contribution in [0.5, 0.6) is 0 Å². The molecule has 1 saturated carbocycles. The molecule has 8 nitrogen and oxygen atoms in total. The van der Waals surface area contributed by atoms with E-state index in [2.05, 4.69) is 31.0 Å². The minimum atomic E-state index is -0.393. The quantitative estimate of drug-likeness (QED) is 0.525. The average Bonchev–Trinajstić information content (AvgIpc) is 3.37. The largest absolute Gasteiger partial charge is 0.345 e. The molecule has 4 aromatic rings. The van der Waals surface area contributed by atoms with Gasteiger partial charge in [0.15, 0.2) is 5.82 Å². The normalized spacial score (nSPS) is 19.1. The molecule has 0 unspecified atom stereocenters. The SMILES string of the molecule is CN(C)C(=O)N[C@H]1CC[C@H](n2ccc3cnc(-c4c[nH]c5ncc(F)cc45)nc32)CC1. The number of fused-ring (bicyclic) bond motifs is 2. The number of aromatic nitrogens is 5. The van der Waals surface area contributed by atoms with Crippen molar-refractivity contribution in [2.45, 2.75) is 37.8 Å². The fraction of sp³-hybridized carbons (Fsp3) is 0.364. The Morgan fingerprint density at radius 2 is 2.03 bits per heavy atom. The minimum Gasteiger partial charge on any atom is -0.345 e. The van der Waals surface area contributed by atoms with Gasteiger partial charge in [-0.2, -0.15) is 0 Å². The molecule has 5 rings (SSSR count). The zero-order valence-electron chi connectivity index (χ0n) is 17.5. The van der Waals surface area contributed by atoms with Crippen molar-refractivity contribution in [2.75, 3.05) is 14.1 Å². The van der Waals surface area contributed by atoms with E-state index < -0.39 is 5.82 Å². The second kappa shape index (κ2) is 7.64. The number of urea groups is 1. The van der Waals surface area contributed by atoms with Gasteiger partial charge in [0, 0.05) is 61.1 Å². The molecule has 0 spiro atoms. The molecule has 2 N–H and O–H groups in total. The Hall–Kier alpha value is -3.49. The summed E-state index contributed by atoms with van der Waals surface area (Å²) in [5.74, 6) is 0.147. The van der Waals surface area contributed by atoms with Crippen molar-refractivity contribution in [1.82, 2.24) is 34.7 Å². The molecule has 0 aliphatic heterocycles. The number of aromatic amines is 1. The summed E-state index contributed by atoms with van der Waals surface area (Å²) >= 11 is 0. The highest BCUT2D eigenvalue weighted by Crippen LogP contribution is 2.32. The lowest BCUT2D eigenvalue weighted by Crippen LogP contribution is -2.43. The van der Waals surface area contributed by atoms with Crippen molar-refractivity contribution in [3.63, 3.8) is 0 Å². The van der Waals surface area contributed by atoms with Gasteiger partial charge in [-0.05, 0) is 37.8 Å². The highest BCUT2D eigenvalue weighted by Gasteiger charge is 2.25. The van der Waals surface area contributed by atoms with E-state index in [9.17, 15) is 9.18 Å². The predicted octanol–water partition coefficient (Wildman–Crippen LogP) is 3.87. The first-order chi connectivity index (χ1) is 15.0.